The Morgan fingerprint density at radius 2 is 1.88 bits per heavy atom. The molecular weight excluding hydrogens is 446 g/mol. The van der Waals surface area contributed by atoms with Gasteiger partial charge in [-0.05, 0) is 50.1 Å². The van der Waals surface area contributed by atoms with Crippen molar-refractivity contribution in [3.05, 3.63) is 57.7 Å². The number of nitrogens with zero attached hydrogens (tertiary/aromatic N) is 4. The highest BCUT2D eigenvalue weighted by molar-refractivity contribution is 7.91. The molecule has 0 bridgehead atoms. The van der Waals surface area contributed by atoms with Crippen LogP contribution < -0.4 is 10.2 Å². The number of aromatic nitrogens is 2. The lowest BCUT2D eigenvalue weighted by Crippen LogP contribution is -2.40. The third kappa shape index (κ3) is 4.23. The van der Waals surface area contributed by atoms with Gasteiger partial charge >= 0.3 is 0 Å². The molecule has 2 aromatic carbocycles. The van der Waals surface area contributed by atoms with Crippen LogP contribution in [0.4, 0.5) is 11.5 Å². The highest BCUT2D eigenvalue weighted by atomic mass is 35.5. The van der Waals surface area contributed by atoms with Gasteiger partial charge in [0, 0.05) is 23.9 Å². The molecule has 1 aromatic heterocycles. The number of rotatable bonds is 4. The van der Waals surface area contributed by atoms with Crippen molar-refractivity contribution in [1.82, 2.24) is 10.2 Å². The molecule has 3 aromatic rings. The highest BCUT2D eigenvalue weighted by Gasteiger charge is 2.24. The molecule has 1 saturated heterocycles. The number of benzene rings is 2. The van der Waals surface area contributed by atoms with Gasteiger partial charge in [0.1, 0.15) is 0 Å². The minimum atomic E-state index is -2.99. The predicted octanol–water partition coefficient (Wildman–Crippen LogP) is 4.18. The van der Waals surface area contributed by atoms with E-state index in [1.54, 1.807) is 6.07 Å². The Morgan fingerprint density at radius 3 is 2.56 bits per heavy atom. The number of nitriles is 1. The Balaban J connectivity index is 1.74. The number of aryl methyl sites for hydroxylation is 1. The van der Waals surface area contributed by atoms with E-state index >= 15 is 0 Å². The molecule has 32 heavy (non-hydrogen) atoms. The van der Waals surface area contributed by atoms with Crippen LogP contribution in [0.15, 0.2) is 30.3 Å². The van der Waals surface area contributed by atoms with E-state index in [-0.39, 0.29) is 17.5 Å². The monoisotopic (exact) mass is 469 g/mol. The number of anilines is 2. The normalized spacial score (nSPS) is 16.5. The maximum Gasteiger partial charge on any atom is 0.157 e. The van der Waals surface area contributed by atoms with Crippen molar-refractivity contribution < 1.29 is 8.42 Å². The summed E-state index contributed by atoms with van der Waals surface area (Å²) in [5.74, 6) is 0.847. The molecule has 1 aliphatic heterocycles. The first-order valence-electron chi connectivity index (χ1n) is 10.4. The molecule has 9 heteroatoms. The van der Waals surface area contributed by atoms with E-state index in [9.17, 15) is 13.7 Å². The Hall–Kier alpha value is -2.89. The quantitative estimate of drug-likeness (QED) is 0.611. The van der Waals surface area contributed by atoms with Crippen LogP contribution in [0.5, 0.6) is 0 Å². The molecule has 4 rings (SSSR count). The molecule has 0 amide bonds. The molecule has 1 N–H and O–H groups in total. The van der Waals surface area contributed by atoms with Crippen molar-refractivity contribution in [2.45, 2.75) is 26.8 Å². The minimum absolute atomic E-state index is 0.109. The zero-order valence-corrected chi connectivity index (χ0v) is 19.8. The summed E-state index contributed by atoms with van der Waals surface area (Å²) >= 11 is 6.60. The van der Waals surface area contributed by atoms with Crippen LogP contribution in [0.25, 0.3) is 10.8 Å². The van der Waals surface area contributed by atoms with Crippen molar-refractivity contribution in [1.29, 1.82) is 5.26 Å². The van der Waals surface area contributed by atoms with Gasteiger partial charge in [-0.1, -0.05) is 23.7 Å². The molecule has 1 aliphatic rings. The van der Waals surface area contributed by atoms with Crippen molar-refractivity contribution >= 4 is 43.7 Å². The van der Waals surface area contributed by atoms with E-state index in [1.807, 2.05) is 49.9 Å². The van der Waals surface area contributed by atoms with Gasteiger partial charge in [0.05, 0.1) is 45.6 Å². The van der Waals surface area contributed by atoms with Crippen LogP contribution in [-0.2, 0) is 9.84 Å². The van der Waals surface area contributed by atoms with Crippen molar-refractivity contribution in [2.24, 2.45) is 0 Å². The van der Waals surface area contributed by atoms with Crippen LogP contribution >= 0.6 is 11.6 Å². The maximum atomic E-state index is 11.8. The summed E-state index contributed by atoms with van der Waals surface area (Å²) in [7, 11) is -2.99. The second-order valence-electron chi connectivity index (χ2n) is 8.12. The summed E-state index contributed by atoms with van der Waals surface area (Å²) in [4.78, 5) is 2.01. The topological polar surface area (TPSA) is 99.0 Å². The van der Waals surface area contributed by atoms with Crippen LogP contribution in [0.2, 0.25) is 5.02 Å². The average Bonchev–Trinajstić information content (AvgIpc) is 2.76. The maximum absolute atomic E-state index is 11.8. The number of hydrogen-bond acceptors (Lipinski definition) is 7. The highest BCUT2D eigenvalue weighted by Crippen LogP contribution is 2.36. The first-order valence-corrected chi connectivity index (χ1v) is 12.6. The van der Waals surface area contributed by atoms with E-state index in [0.29, 0.717) is 29.5 Å². The van der Waals surface area contributed by atoms with Crippen LogP contribution in [0.1, 0.15) is 35.3 Å². The number of fused-ring (bicyclic) bond motifs is 1. The lowest BCUT2D eigenvalue weighted by atomic mass is 9.98. The number of hydrogen-bond donors (Lipinski definition) is 1. The van der Waals surface area contributed by atoms with Crippen molar-refractivity contribution in [3.8, 4) is 6.07 Å². The Labute approximate surface area is 192 Å². The van der Waals surface area contributed by atoms with Crippen LogP contribution in [0, 0.1) is 25.2 Å². The predicted molar refractivity (Wildman–Crippen MR) is 128 cm³/mol. The van der Waals surface area contributed by atoms with E-state index in [0.717, 1.165) is 33.3 Å². The van der Waals surface area contributed by atoms with E-state index in [2.05, 4.69) is 21.6 Å². The summed E-state index contributed by atoms with van der Waals surface area (Å²) in [6, 6.07) is 11.6. The molecule has 0 spiro atoms. The minimum Gasteiger partial charge on any atom is -0.368 e. The lowest BCUT2D eigenvalue weighted by molar-refractivity contribution is 0.587. The lowest BCUT2D eigenvalue weighted by Gasteiger charge is -2.30. The molecule has 1 fully saturated rings. The van der Waals surface area contributed by atoms with Gasteiger partial charge < -0.3 is 10.2 Å². The largest absolute Gasteiger partial charge is 0.368 e. The summed E-state index contributed by atoms with van der Waals surface area (Å²) in [5, 5.41) is 23.8. The van der Waals surface area contributed by atoms with E-state index in [1.165, 1.54) is 0 Å². The molecule has 166 valence electrons. The molecule has 0 radical (unpaired) electrons. The fraction of sp³-hybridized carbons (Fsp3) is 0.348. The Bertz CT molecular complexity index is 1340. The second-order valence-corrected chi connectivity index (χ2v) is 10.8. The number of sulfone groups is 1. The SMILES string of the molecule is Cc1c(C#N)cccc1[C@@H](C)Nc1nnc(C)c2cc(Cl)c(N3CCS(=O)(=O)CC3)cc12. The summed E-state index contributed by atoms with van der Waals surface area (Å²) in [5.41, 5.74) is 4.13. The first-order chi connectivity index (χ1) is 15.2. The van der Waals surface area contributed by atoms with Crippen LogP contribution in [-0.4, -0.2) is 43.2 Å². The van der Waals surface area contributed by atoms with Gasteiger partial charge in [-0.25, -0.2) is 8.42 Å². The van der Waals surface area contributed by atoms with Gasteiger partial charge in [-0.15, -0.1) is 5.10 Å². The molecule has 0 aliphatic carbocycles. The first kappa shape index (κ1) is 22.3. The zero-order chi connectivity index (χ0) is 23.0. The zero-order valence-electron chi connectivity index (χ0n) is 18.2. The number of halogens is 1. The van der Waals surface area contributed by atoms with E-state index < -0.39 is 9.84 Å². The summed E-state index contributed by atoms with van der Waals surface area (Å²) in [6.07, 6.45) is 0. The van der Waals surface area contributed by atoms with Crippen molar-refractivity contribution in [3.63, 3.8) is 0 Å². The Morgan fingerprint density at radius 1 is 1.16 bits per heavy atom. The molecule has 2 heterocycles. The third-order valence-corrected chi connectivity index (χ3v) is 7.94. The number of nitrogens with one attached hydrogen (secondary N) is 1. The van der Waals surface area contributed by atoms with Gasteiger partial charge in [-0.3, -0.25) is 0 Å². The van der Waals surface area contributed by atoms with Crippen molar-refractivity contribution in [2.75, 3.05) is 34.8 Å². The molecule has 1 atom stereocenters. The standard InChI is InChI=1S/C23H24ClN5O2S/c1-14-17(13-25)5-4-6-18(14)15(2)26-23-20-12-22(29-7-9-32(30,31)10-8-29)21(24)11-19(20)16(3)27-28-23/h4-6,11-12,15H,7-10H2,1-3H3,(H,26,28)/t15-/m1/s1. The third-order valence-electron chi connectivity index (χ3n) is 6.03. The molecule has 0 saturated carbocycles. The molecular formula is C23H24ClN5O2S. The van der Waals surface area contributed by atoms with Gasteiger partial charge in [0.2, 0.25) is 0 Å². The fourth-order valence-electron chi connectivity index (χ4n) is 4.12. The molecule has 0 unspecified atom stereocenters. The summed E-state index contributed by atoms with van der Waals surface area (Å²) in [6.45, 7) is 6.65. The fourth-order valence-corrected chi connectivity index (χ4v) is 5.60. The second kappa shape index (κ2) is 8.57. The summed E-state index contributed by atoms with van der Waals surface area (Å²) < 4.78 is 23.7. The van der Waals surface area contributed by atoms with Gasteiger partial charge in [0.15, 0.2) is 15.7 Å². The van der Waals surface area contributed by atoms with E-state index in [4.69, 9.17) is 11.6 Å². The van der Waals surface area contributed by atoms with Gasteiger partial charge in [0.25, 0.3) is 0 Å². The average molecular weight is 470 g/mol. The van der Waals surface area contributed by atoms with Crippen LogP contribution in [0.3, 0.4) is 0 Å². The Kier molecular flexibility index (Phi) is 5.97. The van der Waals surface area contributed by atoms with Gasteiger partial charge in [-0.2, -0.15) is 10.4 Å². The smallest absolute Gasteiger partial charge is 0.157 e. The molecule has 7 nitrogen and oxygen atoms in total.